The molecule has 1 aliphatic rings. The third-order valence-electron chi connectivity index (χ3n) is 2.74. The normalized spacial score (nSPS) is 26.4. The van der Waals surface area contributed by atoms with E-state index < -0.39 is 21.3 Å². The summed E-state index contributed by atoms with van der Waals surface area (Å²) >= 11 is 0. The second kappa shape index (κ2) is 5.35. The van der Waals surface area contributed by atoms with Crippen molar-refractivity contribution in [2.24, 2.45) is 10.8 Å². The van der Waals surface area contributed by atoms with E-state index in [0.717, 1.165) is 0 Å². The maximum absolute atomic E-state index is 11.4. The fourth-order valence-corrected chi connectivity index (χ4v) is 3.74. The summed E-state index contributed by atoms with van der Waals surface area (Å²) in [5, 5.41) is 6.21. The summed E-state index contributed by atoms with van der Waals surface area (Å²) in [5.41, 5.74) is 12.2. The lowest BCUT2D eigenvalue weighted by Crippen LogP contribution is -2.56. The van der Waals surface area contributed by atoms with Crippen molar-refractivity contribution >= 4 is 15.7 Å². The second-order valence-corrected chi connectivity index (χ2v) is 6.21. The zero-order chi connectivity index (χ0) is 12.9. The molecule has 8 nitrogen and oxygen atoms in total. The average molecular weight is 261 g/mol. The van der Waals surface area contributed by atoms with Gasteiger partial charge in [0.05, 0.1) is 11.5 Å². The topological polar surface area (TPSA) is 138 Å². The van der Waals surface area contributed by atoms with Crippen LogP contribution in [0.2, 0.25) is 0 Å². The molecule has 0 saturated carbocycles. The standard InChI is InChI=1S/C8H15N5O3S/c9-7(14)8(2-5-17(15,16)6-8)11-3-1-4-12-13-10/h11H,1-6H2,(H2,9,14). The van der Waals surface area contributed by atoms with Crippen LogP contribution in [0.25, 0.3) is 10.4 Å². The number of carbonyl (C=O) groups is 1. The third-order valence-corrected chi connectivity index (χ3v) is 4.50. The Kier molecular flexibility index (Phi) is 4.33. The number of nitrogens with zero attached hydrogens (tertiary/aromatic N) is 3. The first-order valence-corrected chi connectivity index (χ1v) is 7.00. The van der Waals surface area contributed by atoms with Gasteiger partial charge in [0.1, 0.15) is 5.54 Å². The minimum Gasteiger partial charge on any atom is -0.368 e. The molecular formula is C8H15N5O3S. The molecule has 0 bridgehead atoms. The van der Waals surface area contributed by atoms with Gasteiger partial charge in [-0.05, 0) is 24.9 Å². The van der Waals surface area contributed by atoms with Crippen molar-refractivity contribution in [3.63, 3.8) is 0 Å². The van der Waals surface area contributed by atoms with E-state index >= 15 is 0 Å². The molecule has 0 aliphatic carbocycles. The summed E-state index contributed by atoms with van der Waals surface area (Å²) < 4.78 is 22.7. The third kappa shape index (κ3) is 3.58. The number of primary amides is 1. The Morgan fingerprint density at radius 3 is 2.76 bits per heavy atom. The van der Waals surface area contributed by atoms with Gasteiger partial charge in [0.25, 0.3) is 0 Å². The smallest absolute Gasteiger partial charge is 0.238 e. The van der Waals surface area contributed by atoms with E-state index in [4.69, 9.17) is 11.3 Å². The van der Waals surface area contributed by atoms with Crippen LogP contribution in [0.3, 0.4) is 0 Å². The molecule has 1 rings (SSSR count). The van der Waals surface area contributed by atoms with Gasteiger partial charge >= 0.3 is 0 Å². The molecule has 9 heteroatoms. The van der Waals surface area contributed by atoms with Crippen molar-refractivity contribution in [1.29, 1.82) is 0 Å². The summed E-state index contributed by atoms with van der Waals surface area (Å²) in [6, 6.07) is 0. The summed E-state index contributed by atoms with van der Waals surface area (Å²) in [5.74, 6) is -0.932. The highest BCUT2D eigenvalue weighted by Crippen LogP contribution is 2.23. The minimum absolute atomic E-state index is 0.0285. The Morgan fingerprint density at radius 2 is 2.29 bits per heavy atom. The maximum Gasteiger partial charge on any atom is 0.238 e. The molecule has 1 aliphatic heterocycles. The Hall–Kier alpha value is -1.31. The number of sulfone groups is 1. The van der Waals surface area contributed by atoms with Crippen molar-refractivity contribution < 1.29 is 13.2 Å². The lowest BCUT2D eigenvalue weighted by atomic mass is 9.98. The predicted octanol–water partition coefficient (Wildman–Crippen LogP) is -0.681. The molecule has 3 N–H and O–H groups in total. The number of azide groups is 1. The Balaban J connectivity index is 2.56. The second-order valence-electron chi connectivity index (χ2n) is 4.02. The van der Waals surface area contributed by atoms with Gasteiger partial charge in [0.2, 0.25) is 5.91 Å². The van der Waals surface area contributed by atoms with Crippen molar-refractivity contribution in [3.05, 3.63) is 10.4 Å². The molecule has 0 aromatic carbocycles. The highest BCUT2D eigenvalue weighted by Gasteiger charge is 2.46. The fraction of sp³-hybridized carbons (Fsp3) is 0.875. The van der Waals surface area contributed by atoms with E-state index in [1.165, 1.54) is 0 Å². The molecule has 1 saturated heterocycles. The van der Waals surface area contributed by atoms with E-state index in [2.05, 4.69) is 15.3 Å². The van der Waals surface area contributed by atoms with Crippen LogP contribution in [0.15, 0.2) is 5.11 Å². The summed E-state index contributed by atoms with van der Waals surface area (Å²) in [7, 11) is -3.19. The number of nitrogens with two attached hydrogens (primary N) is 1. The van der Waals surface area contributed by atoms with Crippen LogP contribution < -0.4 is 11.1 Å². The number of hydrogen-bond donors (Lipinski definition) is 2. The van der Waals surface area contributed by atoms with Gasteiger partial charge < -0.3 is 11.1 Å². The Bertz CT molecular complexity index is 442. The monoisotopic (exact) mass is 261 g/mol. The molecule has 1 fully saturated rings. The van der Waals surface area contributed by atoms with Crippen molar-refractivity contribution in [1.82, 2.24) is 5.32 Å². The lowest BCUT2D eigenvalue weighted by molar-refractivity contribution is -0.123. The first kappa shape index (κ1) is 13.8. The van der Waals surface area contributed by atoms with Crippen LogP contribution in [-0.4, -0.2) is 44.5 Å². The molecule has 0 aromatic rings. The van der Waals surface area contributed by atoms with Crippen molar-refractivity contribution in [3.8, 4) is 0 Å². The molecule has 1 amide bonds. The number of rotatable bonds is 6. The Labute approximate surface area is 99.1 Å². The average Bonchev–Trinajstić information content (AvgIpc) is 2.55. The molecule has 17 heavy (non-hydrogen) atoms. The molecule has 1 unspecified atom stereocenters. The minimum atomic E-state index is -3.19. The van der Waals surface area contributed by atoms with Gasteiger partial charge in [0, 0.05) is 11.5 Å². The van der Waals surface area contributed by atoms with E-state index in [1.54, 1.807) is 0 Å². The summed E-state index contributed by atoms with van der Waals surface area (Å²) in [6.45, 7) is 0.683. The van der Waals surface area contributed by atoms with Crippen LogP contribution in [0.4, 0.5) is 0 Å². The first-order valence-electron chi connectivity index (χ1n) is 5.18. The highest BCUT2D eigenvalue weighted by atomic mass is 32.2. The first-order chi connectivity index (χ1) is 7.92. The zero-order valence-electron chi connectivity index (χ0n) is 9.29. The van der Waals surface area contributed by atoms with E-state index in [9.17, 15) is 13.2 Å². The maximum atomic E-state index is 11.4. The molecule has 0 spiro atoms. The molecule has 96 valence electrons. The SMILES string of the molecule is [N-]=[N+]=NCCCNC1(C(N)=O)CCS(=O)(=O)C1. The molecule has 1 heterocycles. The molecule has 0 radical (unpaired) electrons. The number of nitrogens with one attached hydrogen (secondary N) is 1. The summed E-state index contributed by atoms with van der Waals surface area (Å²) in [4.78, 5) is 13.9. The zero-order valence-corrected chi connectivity index (χ0v) is 10.1. The molecule has 1 atom stereocenters. The summed E-state index contributed by atoms with van der Waals surface area (Å²) in [6.07, 6.45) is 0.728. The van der Waals surface area contributed by atoms with Gasteiger partial charge in [-0.3, -0.25) is 4.79 Å². The van der Waals surface area contributed by atoms with Crippen LogP contribution in [0.5, 0.6) is 0 Å². The van der Waals surface area contributed by atoms with E-state index in [0.29, 0.717) is 19.5 Å². The molecular weight excluding hydrogens is 246 g/mol. The van der Waals surface area contributed by atoms with Crippen LogP contribution >= 0.6 is 0 Å². The van der Waals surface area contributed by atoms with Gasteiger partial charge in [0.15, 0.2) is 9.84 Å². The number of carbonyl (C=O) groups excluding carboxylic acids is 1. The van der Waals surface area contributed by atoms with E-state index in [1.807, 2.05) is 0 Å². The number of amides is 1. The number of hydrogen-bond acceptors (Lipinski definition) is 5. The van der Waals surface area contributed by atoms with Gasteiger partial charge in [-0.15, -0.1) is 0 Å². The van der Waals surface area contributed by atoms with Crippen molar-refractivity contribution in [2.75, 3.05) is 24.6 Å². The predicted molar refractivity (Wildman–Crippen MR) is 61.8 cm³/mol. The molecule has 0 aromatic heterocycles. The van der Waals surface area contributed by atoms with Gasteiger partial charge in [-0.1, -0.05) is 5.11 Å². The fourth-order valence-electron chi connectivity index (χ4n) is 1.79. The van der Waals surface area contributed by atoms with E-state index in [-0.39, 0.29) is 17.9 Å². The quantitative estimate of drug-likeness (QED) is 0.283. The Morgan fingerprint density at radius 1 is 1.59 bits per heavy atom. The largest absolute Gasteiger partial charge is 0.368 e. The van der Waals surface area contributed by atoms with Crippen LogP contribution in [-0.2, 0) is 14.6 Å². The van der Waals surface area contributed by atoms with Crippen LogP contribution in [0.1, 0.15) is 12.8 Å². The van der Waals surface area contributed by atoms with Crippen LogP contribution in [0, 0.1) is 0 Å². The van der Waals surface area contributed by atoms with Crippen molar-refractivity contribution in [2.45, 2.75) is 18.4 Å². The highest BCUT2D eigenvalue weighted by molar-refractivity contribution is 7.91. The lowest BCUT2D eigenvalue weighted by Gasteiger charge is -2.25. The van der Waals surface area contributed by atoms with Gasteiger partial charge in [-0.25, -0.2) is 8.42 Å². The van der Waals surface area contributed by atoms with Gasteiger partial charge in [-0.2, -0.15) is 0 Å².